The lowest BCUT2D eigenvalue weighted by Gasteiger charge is -2.06. The molecular weight excluding hydrogens is 322 g/mol. The van der Waals surface area contributed by atoms with Crippen LogP contribution in [0.25, 0.3) is 10.8 Å². The number of anilines is 1. The van der Waals surface area contributed by atoms with Crippen LogP contribution in [0.2, 0.25) is 5.02 Å². The predicted octanol–water partition coefficient (Wildman–Crippen LogP) is 4.06. The van der Waals surface area contributed by atoms with Gasteiger partial charge in [-0.3, -0.25) is 4.79 Å². The van der Waals surface area contributed by atoms with E-state index in [4.69, 9.17) is 11.6 Å². The van der Waals surface area contributed by atoms with Crippen LogP contribution in [0.1, 0.15) is 5.56 Å². The number of fused-ring (bicyclic) bond motifs is 1. The summed E-state index contributed by atoms with van der Waals surface area (Å²) in [7, 11) is 0. The summed E-state index contributed by atoms with van der Waals surface area (Å²) in [6.07, 6.45) is 1.52. The third-order valence-corrected chi connectivity index (χ3v) is 3.84. The molecule has 4 nitrogen and oxygen atoms in total. The summed E-state index contributed by atoms with van der Waals surface area (Å²) in [5.74, 6) is -0.230. The van der Waals surface area contributed by atoms with Gasteiger partial charge in [-0.2, -0.15) is 5.10 Å². The van der Waals surface area contributed by atoms with Gasteiger partial charge < -0.3 is 5.32 Å². The summed E-state index contributed by atoms with van der Waals surface area (Å²) in [5.41, 5.74) is 4.11. The van der Waals surface area contributed by atoms with Crippen molar-refractivity contribution in [2.24, 2.45) is 5.10 Å². The molecule has 0 saturated heterocycles. The Bertz CT molecular complexity index is 892. The molecule has 1 amide bonds. The molecule has 2 N–H and O–H groups in total. The van der Waals surface area contributed by atoms with Crippen LogP contribution in [0.15, 0.2) is 71.8 Å². The first-order chi connectivity index (χ1) is 11.7. The first-order valence-electron chi connectivity index (χ1n) is 7.51. The molecule has 0 aliphatic carbocycles. The molecular formula is C19H16ClN3O. The summed E-state index contributed by atoms with van der Waals surface area (Å²) in [4.78, 5) is 11.8. The highest BCUT2D eigenvalue weighted by atomic mass is 35.5. The minimum Gasteiger partial charge on any atom is -0.376 e. The van der Waals surface area contributed by atoms with E-state index in [0.717, 1.165) is 22.0 Å². The fourth-order valence-electron chi connectivity index (χ4n) is 2.27. The van der Waals surface area contributed by atoms with Crippen LogP contribution < -0.4 is 10.7 Å². The maximum atomic E-state index is 11.8. The standard InChI is InChI=1S/C19H16ClN3O/c20-18-8-4-3-7-16(18)12-22-23-19(24)13-21-17-10-9-14-5-1-2-6-15(14)11-17/h1-12,21H,13H2,(H,23,24)/b22-12-. The van der Waals surface area contributed by atoms with Gasteiger partial charge in [-0.15, -0.1) is 0 Å². The fourth-order valence-corrected chi connectivity index (χ4v) is 2.46. The number of nitrogens with zero attached hydrogens (tertiary/aromatic N) is 1. The van der Waals surface area contributed by atoms with E-state index in [-0.39, 0.29) is 12.5 Å². The molecule has 5 heteroatoms. The second-order valence-electron chi connectivity index (χ2n) is 5.23. The monoisotopic (exact) mass is 337 g/mol. The number of carbonyl (C=O) groups is 1. The minimum absolute atomic E-state index is 0.137. The molecule has 0 fully saturated rings. The molecule has 120 valence electrons. The Morgan fingerprint density at radius 1 is 1.00 bits per heavy atom. The summed E-state index contributed by atoms with van der Waals surface area (Å²) < 4.78 is 0. The molecule has 3 aromatic rings. The SMILES string of the molecule is O=C(CNc1ccc2ccccc2c1)N/N=C\c1ccccc1Cl. The third-order valence-electron chi connectivity index (χ3n) is 3.50. The van der Waals surface area contributed by atoms with Crippen molar-refractivity contribution in [1.82, 2.24) is 5.43 Å². The van der Waals surface area contributed by atoms with E-state index in [2.05, 4.69) is 21.9 Å². The van der Waals surface area contributed by atoms with Gasteiger partial charge in [-0.25, -0.2) is 5.43 Å². The Balaban J connectivity index is 1.54. The predicted molar refractivity (Wildman–Crippen MR) is 99.6 cm³/mol. The highest BCUT2D eigenvalue weighted by Crippen LogP contribution is 2.18. The number of rotatable bonds is 5. The molecule has 0 bridgehead atoms. The molecule has 3 rings (SSSR count). The number of hydrogen-bond acceptors (Lipinski definition) is 3. The molecule has 0 radical (unpaired) electrons. The van der Waals surface area contributed by atoms with Crippen LogP contribution in [0, 0.1) is 0 Å². The van der Waals surface area contributed by atoms with Crippen LogP contribution in [0.3, 0.4) is 0 Å². The van der Waals surface area contributed by atoms with E-state index < -0.39 is 0 Å². The minimum atomic E-state index is -0.230. The average Bonchev–Trinajstić information content (AvgIpc) is 2.61. The van der Waals surface area contributed by atoms with E-state index in [9.17, 15) is 4.79 Å². The van der Waals surface area contributed by atoms with Gasteiger partial charge >= 0.3 is 0 Å². The lowest BCUT2D eigenvalue weighted by atomic mass is 10.1. The maximum absolute atomic E-state index is 11.8. The molecule has 3 aromatic carbocycles. The van der Waals surface area contributed by atoms with Crippen molar-refractivity contribution in [3.63, 3.8) is 0 Å². The van der Waals surface area contributed by atoms with E-state index in [1.54, 1.807) is 6.07 Å². The molecule has 0 saturated carbocycles. The first kappa shape index (κ1) is 16.0. The molecule has 0 heterocycles. The lowest BCUT2D eigenvalue weighted by molar-refractivity contribution is -0.119. The van der Waals surface area contributed by atoms with E-state index in [1.165, 1.54) is 6.21 Å². The Morgan fingerprint density at radius 3 is 2.58 bits per heavy atom. The van der Waals surface area contributed by atoms with Crippen molar-refractivity contribution < 1.29 is 4.79 Å². The van der Waals surface area contributed by atoms with Gasteiger partial charge in [-0.1, -0.05) is 60.1 Å². The maximum Gasteiger partial charge on any atom is 0.259 e. The van der Waals surface area contributed by atoms with Gasteiger partial charge in [0.25, 0.3) is 5.91 Å². The summed E-state index contributed by atoms with van der Waals surface area (Å²) >= 11 is 6.01. The number of halogens is 1. The van der Waals surface area contributed by atoms with Crippen LogP contribution in [-0.2, 0) is 4.79 Å². The third kappa shape index (κ3) is 4.12. The van der Waals surface area contributed by atoms with Gasteiger partial charge in [0.05, 0.1) is 12.8 Å². The van der Waals surface area contributed by atoms with E-state index in [0.29, 0.717) is 5.02 Å². The van der Waals surface area contributed by atoms with Crippen LogP contribution in [0.5, 0.6) is 0 Å². The van der Waals surface area contributed by atoms with Gasteiger partial charge in [-0.05, 0) is 29.0 Å². The zero-order valence-electron chi connectivity index (χ0n) is 12.9. The lowest BCUT2D eigenvalue weighted by Crippen LogP contribution is -2.25. The molecule has 0 spiro atoms. The highest BCUT2D eigenvalue weighted by molar-refractivity contribution is 6.33. The summed E-state index contributed by atoms with van der Waals surface area (Å²) in [5, 5.41) is 9.88. The molecule has 24 heavy (non-hydrogen) atoms. The zero-order valence-corrected chi connectivity index (χ0v) is 13.6. The average molecular weight is 338 g/mol. The van der Waals surface area contributed by atoms with Gasteiger partial charge in [0.1, 0.15) is 0 Å². The number of amides is 1. The summed E-state index contributed by atoms with van der Waals surface area (Å²) in [6.45, 7) is 0.137. The normalized spacial score (nSPS) is 10.9. The first-order valence-corrected chi connectivity index (χ1v) is 7.89. The Hall–Kier alpha value is -2.85. The van der Waals surface area contributed by atoms with Gasteiger partial charge in [0.2, 0.25) is 0 Å². The quantitative estimate of drug-likeness (QED) is 0.545. The summed E-state index contributed by atoms with van der Waals surface area (Å²) in [6, 6.07) is 21.3. The van der Waals surface area contributed by atoms with E-state index >= 15 is 0 Å². The van der Waals surface area contributed by atoms with Crippen molar-refractivity contribution in [2.75, 3.05) is 11.9 Å². The largest absolute Gasteiger partial charge is 0.376 e. The molecule has 0 aliphatic heterocycles. The smallest absolute Gasteiger partial charge is 0.259 e. The molecule has 0 aromatic heterocycles. The number of benzene rings is 3. The highest BCUT2D eigenvalue weighted by Gasteiger charge is 2.01. The molecule has 0 unspecified atom stereocenters. The number of hydrazone groups is 1. The molecule has 0 atom stereocenters. The van der Waals surface area contributed by atoms with E-state index in [1.807, 2.05) is 54.6 Å². The number of carbonyl (C=O) groups excluding carboxylic acids is 1. The second-order valence-corrected chi connectivity index (χ2v) is 5.64. The Morgan fingerprint density at radius 2 is 1.75 bits per heavy atom. The number of hydrogen-bond donors (Lipinski definition) is 2. The Kier molecular flexibility index (Phi) is 5.08. The molecule has 0 aliphatic rings. The van der Waals surface area contributed by atoms with Crippen molar-refractivity contribution >= 4 is 40.2 Å². The Labute approximate surface area is 145 Å². The fraction of sp³-hybridized carbons (Fsp3) is 0.0526. The van der Waals surface area contributed by atoms with Crippen molar-refractivity contribution in [3.05, 3.63) is 77.3 Å². The second kappa shape index (κ2) is 7.62. The van der Waals surface area contributed by atoms with Crippen molar-refractivity contribution in [3.8, 4) is 0 Å². The topological polar surface area (TPSA) is 53.5 Å². The van der Waals surface area contributed by atoms with Crippen molar-refractivity contribution in [2.45, 2.75) is 0 Å². The van der Waals surface area contributed by atoms with Crippen LogP contribution in [0.4, 0.5) is 5.69 Å². The van der Waals surface area contributed by atoms with Crippen molar-refractivity contribution in [1.29, 1.82) is 0 Å². The van der Waals surface area contributed by atoms with Crippen LogP contribution >= 0.6 is 11.6 Å². The van der Waals surface area contributed by atoms with Crippen LogP contribution in [-0.4, -0.2) is 18.7 Å². The van der Waals surface area contributed by atoms with Gasteiger partial charge in [0, 0.05) is 16.3 Å². The van der Waals surface area contributed by atoms with Gasteiger partial charge in [0.15, 0.2) is 0 Å². The zero-order chi connectivity index (χ0) is 16.8. The number of nitrogens with one attached hydrogen (secondary N) is 2.